The molecule has 10 heteroatoms. The molecule has 0 bridgehead atoms. The van der Waals surface area contributed by atoms with Gasteiger partial charge in [0.1, 0.15) is 0 Å². The summed E-state index contributed by atoms with van der Waals surface area (Å²) in [5.41, 5.74) is -1.74. The standard InChI is InChI=1S/C16H22N4O6/c1-19(2-3-21)15(25)16-8-20(6-11(16)7-26-9-16)13(23)5-10-4-12(22)17-18-14(10)24/h4,11,21H,2-3,5-9H2,1H3,(H,17,22)(H,18,24)/t11-,16-/m0/s1. The predicted molar refractivity (Wildman–Crippen MR) is 89.4 cm³/mol. The number of likely N-dealkylation sites (tertiary alicyclic amines) is 1. The number of rotatable bonds is 5. The molecule has 0 aliphatic carbocycles. The third-order valence-electron chi connectivity index (χ3n) is 5.17. The van der Waals surface area contributed by atoms with Crippen molar-refractivity contribution in [1.29, 1.82) is 0 Å². The van der Waals surface area contributed by atoms with Crippen molar-refractivity contribution in [3.05, 3.63) is 32.3 Å². The average Bonchev–Trinajstić information content (AvgIpc) is 3.15. The smallest absolute Gasteiger partial charge is 0.266 e. The zero-order valence-corrected chi connectivity index (χ0v) is 14.5. The first kappa shape index (κ1) is 18.3. The van der Waals surface area contributed by atoms with Crippen LogP contribution in [0.5, 0.6) is 0 Å². The molecule has 1 aromatic heterocycles. The van der Waals surface area contributed by atoms with Crippen molar-refractivity contribution in [2.24, 2.45) is 11.3 Å². The van der Waals surface area contributed by atoms with Gasteiger partial charge in [-0.25, -0.2) is 0 Å². The van der Waals surface area contributed by atoms with Gasteiger partial charge in [-0.3, -0.25) is 29.4 Å². The zero-order valence-electron chi connectivity index (χ0n) is 14.5. The molecule has 2 amide bonds. The molecule has 1 aromatic rings. The van der Waals surface area contributed by atoms with E-state index in [-0.39, 0.29) is 56.0 Å². The number of ether oxygens (including phenoxy) is 1. The molecule has 2 aliphatic rings. The second-order valence-corrected chi connectivity index (χ2v) is 6.88. The Morgan fingerprint density at radius 3 is 2.92 bits per heavy atom. The zero-order chi connectivity index (χ0) is 18.9. The number of hydrogen-bond acceptors (Lipinski definition) is 6. The number of nitrogens with one attached hydrogen (secondary N) is 2. The molecule has 0 unspecified atom stereocenters. The van der Waals surface area contributed by atoms with Crippen LogP contribution in [0.2, 0.25) is 0 Å². The van der Waals surface area contributed by atoms with Crippen LogP contribution in [0.4, 0.5) is 0 Å². The lowest BCUT2D eigenvalue weighted by atomic mass is 9.79. The van der Waals surface area contributed by atoms with Crippen molar-refractivity contribution in [2.45, 2.75) is 6.42 Å². The second-order valence-electron chi connectivity index (χ2n) is 6.88. The van der Waals surface area contributed by atoms with Gasteiger partial charge in [0, 0.05) is 44.2 Å². The van der Waals surface area contributed by atoms with Gasteiger partial charge in [-0.1, -0.05) is 0 Å². The first-order valence-corrected chi connectivity index (χ1v) is 8.40. The van der Waals surface area contributed by atoms with Crippen LogP contribution in [0.15, 0.2) is 15.7 Å². The summed E-state index contributed by atoms with van der Waals surface area (Å²) in [4.78, 5) is 51.6. The highest BCUT2D eigenvalue weighted by Crippen LogP contribution is 2.42. The predicted octanol–water partition coefficient (Wildman–Crippen LogP) is -2.47. The highest BCUT2D eigenvalue weighted by Gasteiger charge is 2.57. The molecule has 0 radical (unpaired) electrons. The van der Waals surface area contributed by atoms with Gasteiger partial charge in [0.25, 0.3) is 11.1 Å². The number of H-pyrrole nitrogens is 2. The van der Waals surface area contributed by atoms with Crippen LogP contribution in [0.1, 0.15) is 5.56 Å². The molecular formula is C16H22N4O6. The number of amides is 2. The minimum absolute atomic E-state index is 0.0878. The van der Waals surface area contributed by atoms with Crippen molar-refractivity contribution < 1.29 is 19.4 Å². The van der Waals surface area contributed by atoms with Gasteiger partial charge in [-0.2, -0.15) is 0 Å². The fraction of sp³-hybridized carbons (Fsp3) is 0.625. The average molecular weight is 366 g/mol. The molecule has 2 aliphatic heterocycles. The van der Waals surface area contributed by atoms with Crippen LogP contribution in [0.25, 0.3) is 0 Å². The number of aromatic amines is 2. The summed E-state index contributed by atoms with van der Waals surface area (Å²) < 4.78 is 5.50. The van der Waals surface area contributed by atoms with E-state index in [2.05, 4.69) is 10.2 Å². The summed E-state index contributed by atoms with van der Waals surface area (Å²) in [6.07, 6.45) is -0.205. The van der Waals surface area contributed by atoms with E-state index in [1.165, 1.54) is 4.90 Å². The second kappa shape index (κ2) is 7.04. The van der Waals surface area contributed by atoms with Crippen molar-refractivity contribution in [2.75, 3.05) is 46.5 Å². The van der Waals surface area contributed by atoms with Crippen LogP contribution < -0.4 is 11.1 Å². The van der Waals surface area contributed by atoms with Gasteiger partial charge in [0.05, 0.1) is 31.7 Å². The molecule has 26 heavy (non-hydrogen) atoms. The van der Waals surface area contributed by atoms with Gasteiger partial charge < -0.3 is 19.6 Å². The molecule has 10 nitrogen and oxygen atoms in total. The summed E-state index contributed by atoms with van der Waals surface area (Å²) in [5.74, 6) is -0.594. The topological polar surface area (TPSA) is 136 Å². The molecule has 3 N–H and O–H groups in total. The minimum atomic E-state index is -0.819. The summed E-state index contributed by atoms with van der Waals surface area (Å²) in [5, 5.41) is 13.4. The third-order valence-corrected chi connectivity index (χ3v) is 5.17. The maximum absolute atomic E-state index is 12.9. The monoisotopic (exact) mass is 366 g/mol. The minimum Gasteiger partial charge on any atom is -0.395 e. The van der Waals surface area contributed by atoms with Gasteiger partial charge in [0.15, 0.2) is 0 Å². The van der Waals surface area contributed by atoms with Crippen LogP contribution in [-0.4, -0.2) is 83.4 Å². The number of nitrogens with zero attached hydrogens (tertiary/aromatic N) is 2. The Balaban J connectivity index is 1.76. The molecule has 0 spiro atoms. The number of carbonyl (C=O) groups excluding carboxylic acids is 2. The Morgan fingerprint density at radius 2 is 2.19 bits per heavy atom. The van der Waals surface area contributed by atoms with Crippen LogP contribution in [-0.2, 0) is 20.7 Å². The Labute approximate surface area is 148 Å². The first-order valence-electron chi connectivity index (χ1n) is 8.40. The van der Waals surface area contributed by atoms with E-state index in [1.54, 1.807) is 11.9 Å². The van der Waals surface area contributed by atoms with Gasteiger partial charge in [0.2, 0.25) is 11.8 Å². The molecule has 0 aromatic carbocycles. The molecule has 2 atom stereocenters. The lowest BCUT2D eigenvalue weighted by Gasteiger charge is -2.30. The van der Waals surface area contributed by atoms with Crippen LogP contribution >= 0.6 is 0 Å². The van der Waals surface area contributed by atoms with Crippen molar-refractivity contribution >= 4 is 11.8 Å². The van der Waals surface area contributed by atoms with E-state index in [0.29, 0.717) is 13.2 Å². The Bertz CT molecular complexity index is 817. The van der Waals surface area contributed by atoms with Gasteiger partial charge in [-0.05, 0) is 0 Å². The number of aromatic nitrogens is 2. The molecule has 2 fully saturated rings. The highest BCUT2D eigenvalue weighted by atomic mass is 16.5. The van der Waals surface area contributed by atoms with E-state index < -0.39 is 16.5 Å². The largest absolute Gasteiger partial charge is 0.395 e. The molecule has 2 saturated heterocycles. The van der Waals surface area contributed by atoms with E-state index in [4.69, 9.17) is 9.84 Å². The fourth-order valence-corrected chi connectivity index (χ4v) is 3.72. The van der Waals surface area contributed by atoms with E-state index in [9.17, 15) is 19.2 Å². The van der Waals surface area contributed by atoms with Gasteiger partial charge in [-0.15, -0.1) is 0 Å². The molecule has 0 saturated carbocycles. The van der Waals surface area contributed by atoms with Crippen molar-refractivity contribution in [3.8, 4) is 0 Å². The van der Waals surface area contributed by atoms with E-state index >= 15 is 0 Å². The summed E-state index contributed by atoms with van der Waals surface area (Å²) in [6.45, 7) is 1.24. The number of carbonyl (C=O) groups is 2. The Kier molecular flexibility index (Phi) is 4.97. The number of likely N-dealkylation sites (N-methyl/N-ethyl adjacent to an activating group) is 1. The fourth-order valence-electron chi connectivity index (χ4n) is 3.72. The van der Waals surface area contributed by atoms with E-state index in [1.807, 2.05) is 0 Å². The maximum Gasteiger partial charge on any atom is 0.266 e. The molecule has 142 valence electrons. The summed E-state index contributed by atoms with van der Waals surface area (Å²) in [7, 11) is 1.61. The molecule has 3 heterocycles. The van der Waals surface area contributed by atoms with E-state index in [0.717, 1.165) is 6.07 Å². The van der Waals surface area contributed by atoms with Crippen LogP contribution in [0.3, 0.4) is 0 Å². The first-order chi connectivity index (χ1) is 12.4. The summed E-state index contributed by atoms with van der Waals surface area (Å²) in [6, 6.07) is 1.10. The number of hydrogen-bond donors (Lipinski definition) is 3. The Hall–Kier alpha value is -2.46. The summed E-state index contributed by atoms with van der Waals surface area (Å²) >= 11 is 0. The number of aliphatic hydroxyl groups is 1. The third kappa shape index (κ3) is 3.17. The number of fused-ring (bicyclic) bond motifs is 1. The highest BCUT2D eigenvalue weighted by molar-refractivity contribution is 5.86. The van der Waals surface area contributed by atoms with Gasteiger partial charge >= 0.3 is 0 Å². The number of aliphatic hydroxyl groups excluding tert-OH is 1. The Morgan fingerprint density at radius 1 is 1.42 bits per heavy atom. The SMILES string of the molecule is CN(CCO)C(=O)[C@@]12COC[C@@H]1CN(C(=O)Cc1cc(=O)[nH][nH]c1=O)C2. The lowest BCUT2D eigenvalue weighted by molar-refractivity contribution is -0.142. The molecular weight excluding hydrogens is 344 g/mol. The normalized spacial score (nSPS) is 24.5. The van der Waals surface area contributed by atoms with Crippen molar-refractivity contribution in [1.82, 2.24) is 20.0 Å². The van der Waals surface area contributed by atoms with Crippen molar-refractivity contribution in [3.63, 3.8) is 0 Å². The van der Waals surface area contributed by atoms with Crippen LogP contribution in [0, 0.1) is 11.3 Å². The lowest BCUT2D eigenvalue weighted by Crippen LogP contribution is -2.48. The maximum atomic E-state index is 12.9. The molecule has 3 rings (SSSR count). The quantitative estimate of drug-likeness (QED) is 0.528.